The van der Waals surface area contributed by atoms with E-state index in [2.05, 4.69) is 9.88 Å². The molecule has 102 valence electrons. The van der Waals surface area contributed by atoms with Crippen LogP contribution < -0.4 is 9.88 Å². The number of para-hydroxylation sites is 2. The maximum absolute atomic E-state index is 11.2. The van der Waals surface area contributed by atoms with Crippen molar-refractivity contribution in [2.24, 2.45) is 0 Å². The number of carbonyl (C=O) groups is 1. The average molecular weight is 270 g/mol. The zero-order valence-corrected chi connectivity index (χ0v) is 11.2. The monoisotopic (exact) mass is 270 g/mol. The smallest absolute Gasteiger partial charge is 0.287 e. The Morgan fingerprint density at radius 2 is 2.10 bits per heavy atom. The van der Waals surface area contributed by atoms with Crippen molar-refractivity contribution in [3.63, 3.8) is 0 Å². The third-order valence-corrected chi connectivity index (χ3v) is 3.28. The van der Waals surface area contributed by atoms with Gasteiger partial charge in [-0.1, -0.05) is 12.1 Å². The number of aliphatic hydroxyl groups excluding tert-OH is 1. The molecule has 3 aromatic rings. The fourth-order valence-corrected chi connectivity index (χ4v) is 2.54. The van der Waals surface area contributed by atoms with Crippen LogP contribution in [0, 0.1) is 0 Å². The minimum Gasteiger partial charge on any atom is -0.392 e. The van der Waals surface area contributed by atoms with Crippen LogP contribution in [0.1, 0.15) is 6.92 Å². The molecule has 0 spiro atoms. The van der Waals surface area contributed by atoms with Gasteiger partial charge in [0.2, 0.25) is 5.91 Å². The molecule has 0 radical (unpaired) electrons. The lowest BCUT2D eigenvalue weighted by molar-refractivity contribution is -0.647. The molecule has 2 heterocycles. The summed E-state index contributed by atoms with van der Waals surface area (Å²) < 4.78 is 4.09. The first-order chi connectivity index (χ1) is 9.70. The predicted molar refractivity (Wildman–Crippen MR) is 76.5 cm³/mol. The highest BCUT2D eigenvalue weighted by molar-refractivity contribution is 5.89. The molecule has 0 aliphatic rings. The number of anilines is 1. The van der Waals surface area contributed by atoms with Gasteiger partial charge in [0.25, 0.3) is 5.65 Å². The number of hydrogen-bond acceptors (Lipinski definition) is 2. The van der Waals surface area contributed by atoms with Crippen molar-refractivity contribution < 1.29 is 14.5 Å². The molecule has 0 bridgehead atoms. The summed E-state index contributed by atoms with van der Waals surface area (Å²) in [7, 11) is 0. The zero-order chi connectivity index (χ0) is 14.1. The lowest BCUT2D eigenvalue weighted by atomic mass is 10.3. The number of pyridine rings is 1. The summed E-state index contributed by atoms with van der Waals surface area (Å²) in [6.45, 7) is 2.11. The van der Waals surface area contributed by atoms with Gasteiger partial charge in [0.15, 0.2) is 11.0 Å². The Labute approximate surface area is 116 Å². The highest BCUT2D eigenvalue weighted by Crippen LogP contribution is 2.17. The summed E-state index contributed by atoms with van der Waals surface area (Å²) in [6, 6.07) is 11.8. The van der Waals surface area contributed by atoms with E-state index < -0.39 is 0 Å². The number of aromatic nitrogens is 2. The van der Waals surface area contributed by atoms with Crippen LogP contribution in [0.5, 0.6) is 0 Å². The minimum atomic E-state index is -0.0935. The first-order valence-electron chi connectivity index (χ1n) is 6.52. The third kappa shape index (κ3) is 2.02. The van der Waals surface area contributed by atoms with Gasteiger partial charge in [0, 0.05) is 13.0 Å². The van der Waals surface area contributed by atoms with Crippen molar-refractivity contribution in [2.75, 3.05) is 11.9 Å². The first-order valence-corrected chi connectivity index (χ1v) is 6.52. The Morgan fingerprint density at radius 3 is 2.85 bits per heavy atom. The topological polar surface area (TPSA) is 57.6 Å². The number of rotatable bonds is 3. The zero-order valence-electron chi connectivity index (χ0n) is 11.2. The number of hydrogen-bond donors (Lipinski definition) is 2. The molecule has 3 rings (SSSR count). The van der Waals surface area contributed by atoms with Crippen LogP contribution >= 0.6 is 0 Å². The fraction of sp³-hybridized carbons (Fsp3) is 0.200. The molecule has 0 aliphatic carbocycles. The normalized spacial score (nSPS) is 11.1. The summed E-state index contributed by atoms with van der Waals surface area (Å²) in [5, 5.41) is 12.0. The predicted octanol–water partition coefficient (Wildman–Crippen LogP) is 1.33. The van der Waals surface area contributed by atoms with Crippen LogP contribution in [0.3, 0.4) is 0 Å². The molecule has 1 amide bonds. The van der Waals surface area contributed by atoms with Crippen LogP contribution in [0.2, 0.25) is 0 Å². The van der Waals surface area contributed by atoms with Gasteiger partial charge >= 0.3 is 0 Å². The molecule has 20 heavy (non-hydrogen) atoms. The maximum Gasteiger partial charge on any atom is 0.287 e. The van der Waals surface area contributed by atoms with E-state index in [1.165, 1.54) is 6.92 Å². The molecule has 5 nitrogen and oxygen atoms in total. The Bertz CT molecular complexity index is 792. The van der Waals surface area contributed by atoms with Crippen molar-refractivity contribution in [1.29, 1.82) is 0 Å². The van der Waals surface area contributed by atoms with Crippen LogP contribution in [-0.2, 0) is 11.3 Å². The van der Waals surface area contributed by atoms with Gasteiger partial charge in [-0.2, -0.15) is 4.40 Å². The number of imidazole rings is 1. The molecule has 0 fully saturated rings. The maximum atomic E-state index is 11.2. The molecule has 0 aliphatic heterocycles. The van der Waals surface area contributed by atoms with Crippen LogP contribution in [0.4, 0.5) is 5.69 Å². The van der Waals surface area contributed by atoms with Gasteiger partial charge in [0.05, 0.1) is 12.3 Å². The summed E-state index contributed by atoms with van der Waals surface area (Å²) in [5.41, 5.74) is 3.83. The van der Waals surface area contributed by atoms with E-state index in [0.717, 1.165) is 22.4 Å². The molecular formula is C15H16N3O2+. The Kier molecular flexibility index (Phi) is 3.12. The highest BCUT2D eigenvalue weighted by atomic mass is 16.3. The van der Waals surface area contributed by atoms with E-state index in [1.807, 2.05) is 47.0 Å². The highest BCUT2D eigenvalue weighted by Gasteiger charge is 2.18. The lowest BCUT2D eigenvalue weighted by Gasteiger charge is -2.00. The fourth-order valence-electron chi connectivity index (χ4n) is 2.54. The standard InChI is InChI=1S/C15H15N3O2/c1-11(20)16-12-6-7-15-17(8-9-19)13-4-2-3-5-14(13)18(15)10-12/h2-7,10,19H,8-9H2,1H3/p+1. The van der Waals surface area contributed by atoms with Crippen LogP contribution in [-0.4, -0.2) is 22.0 Å². The molecule has 0 saturated carbocycles. The van der Waals surface area contributed by atoms with E-state index in [9.17, 15) is 9.90 Å². The largest absolute Gasteiger partial charge is 0.392 e. The molecule has 0 atom stereocenters. The lowest BCUT2D eigenvalue weighted by Crippen LogP contribution is -2.35. The molecule has 2 N–H and O–H groups in total. The molecule has 0 saturated heterocycles. The SMILES string of the molecule is CC(=O)Nc1ccc2n(c1)c1ccccc1[n+]2CCO. The van der Waals surface area contributed by atoms with Crippen LogP contribution in [0.15, 0.2) is 42.6 Å². The van der Waals surface area contributed by atoms with E-state index >= 15 is 0 Å². The number of amides is 1. The van der Waals surface area contributed by atoms with Gasteiger partial charge in [0.1, 0.15) is 12.7 Å². The number of carbonyl (C=O) groups excluding carboxylic acids is 1. The Morgan fingerprint density at radius 1 is 1.30 bits per heavy atom. The molecule has 5 heteroatoms. The summed E-state index contributed by atoms with van der Waals surface area (Å²) in [5.74, 6) is -0.0935. The van der Waals surface area contributed by atoms with Gasteiger partial charge in [-0.15, -0.1) is 0 Å². The number of benzene rings is 1. The van der Waals surface area contributed by atoms with Gasteiger partial charge in [-0.25, -0.2) is 4.57 Å². The summed E-state index contributed by atoms with van der Waals surface area (Å²) in [6.07, 6.45) is 1.90. The first kappa shape index (κ1) is 12.6. The van der Waals surface area contributed by atoms with Crippen molar-refractivity contribution >= 4 is 28.3 Å². The molecule has 2 aromatic heterocycles. The Balaban J connectivity index is 2.28. The number of nitrogens with zero attached hydrogens (tertiary/aromatic N) is 2. The van der Waals surface area contributed by atoms with Gasteiger partial charge < -0.3 is 10.4 Å². The van der Waals surface area contributed by atoms with E-state index in [-0.39, 0.29) is 12.5 Å². The average Bonchev–Trinajstić information content (AvgIpc) is 2.73. The second-order valence-corrected chi connectivity index (χ2v) is 4.69. The number of fused-ring (bicyclic) bond motifs is 3. The molecule has 0 unspecified atom stereocenters. The number of nitrogens with one attached hydrogen (secondary N) is 1. The minimum absolute atomic E-state index is 0.0851. The van der Waals surface area contributed by atoms with Crippen molar-refractivity contribution in [1.82, 2.24) is 4.40 Å². The van der Waals surface area contributed by atoms with Crippen LogP contribution in [0.25, 0.3) is 16.7 Å². The third-order valence-electron chi connectivity index (χ3n) is 3.28. The van der Waals surface area contributed by atoms with Gasteiger partial charge in [-0.3, -0.25) is 4.79 Å². The van der Waals surface area contributed by atoms with E-state index in [0.29, 0.717) is 6.54 Å². The number of aliphatic hydroxyl groups is 1. The van der Waals surface area contributed by atoms with Crippen molar-refractivity contribution in [3.8, 4) is 0 Å². The molecule has 1 aromatic carbocycles. The Hall–Kier alpha value is -2.40. The molecular weight excluding hydrogens is 254 g/mol. The van der Waals surface area contributed by atoms with E-state index in [1.54, 1.807) is 0 Å². The second-order valence-electron chi connectivity index (χ2n) is 4.69. The van der Waals surface area contributed by atoms with Gasteiger partial charge in [-0.05, 0) is 18.2 Å². The second kappa shape index (κ2) is 4.94. The van der Waals surface area contributed by atoms with E-state index in [4.69, 9.17) is 0 Å². The summed E-state index contributed by atoms with van der Waals surface area (Å²) >= 11 is 0. The summed E-state index contributed by atoms with van der Waals surface area (Å²) in [4.78, 5) is 11.2. The quantitative estimate of drug-likeness (QED) is 0.705. The van der Waals surface area contributed by atoms with Crippen molar-refractivity contribution in [2.45, 2.75) is 13.5 Å². The van der Waals surface area contributed by atoms with Crippen molar-refractivity contribution in [3.05, 3.63) is 42.6 Å².